The number of nitrogens with one attached hydrogen (secondary N) is 1. The number of alkyl carbamates (subject to hydrolysis) is 1. The van der Waals surface area contributed by atoms with Crippen LogP contribution in [-0.2, 0) is 14.3 Å². The largest absolute Gasteiger partial charge is 0.469 e. The number of aliphatic hydroxyl groups excluding tert-OH is 1. The van der Waals surface area contributed by atoms with Crippen LogP contribution in [-0.4, -0.2) is 45.5 Å². The van der Waals surface area contributed by atoms with E-state index < -0.39 is 6.09 Å². The molecule has 0 bridgehead atoms. The fourth-order valence-electron chi connectivity index (χ4n) is 0.246. The van der Waals surface area contributed by atoms with Gasteiger partial charge in [-0.15, -0.1) is 0 Å². The van der Waals surface area contributed by atoms with E-state index in [0.717, 1.165) is 7.11 Å². The van der Waals surface area contributed by atoms with Gasteiger partial charge < -0.3 is 19.9 Å². The minimum Gasteiger partial charge on any atom is -0.469 e. The highest BCUT2D eigenvalue weighted by Gasteiger charge is 1.87. The summed E-state index contributed by atoms with van der Waals surface area (Å²) in [7, 11) is 5.20. The molecule has 0 aliphatic heterocycles. The Labute approximate surface area is 97.9 Å². The average molecular weight is 239 g/mol. The summed E-state index contributed by atoms with van der Waals surface area (Å²) in [5.74, 6) is -0.157. The minimum atomic E-state index is -0.407. The molecular weight excluding hydrogens is 214 g/mol. The Morgan fingerprint density at radius 3 is 1.50 bits per heavy atom. The molecule has 0 radical (unpaired) electrons. The second-order valence-electron chi connectivity index (χ2n) is 1.67. The standard InChI is InChI=1S/C4H8O2.C3H7NO2.C2H6.CH4O/c1-3-4(5)6-2;1-4-3(5)6-2;2*1-2/h3H2,1-2H3;1-2H3,(H,4,5);1-2H3;2H,1H3. The van der Waals surface area contributed by atoms with Crippen LogP contribution in [0.2, 0.25) is 0 Å². The summed E-state index contributed by atoms with van der Waals surface area (Å²) in [6, 6.07) is 0. The van der Waals surface area contributed by atoms with Gasteiger partial charge in [-0.3, -0.25) is 4.79 Å². The molecule has 6 nitrogen and oxygen atoms in total. The molecule has 0 rings (SSSR count). The molecule has 100 valence electrons. The maximum Gasteiger partial charge on any atom is 0.406 e. The van der Waals surface area contributed by atoms with E-state index in [0.29, 0.717) is 6.42 Å². The molecular formula is C10H25NO5. The van der Waals surface area contributed by atoms with Crippen LogP contribution in [0.25, 0.3) is 0 Å². The highest BCUT2D eigenvalue weighted by atomic mass is 16.5. The molecule has 0 aromatic rings. The zero-order valence-corrected chi connectivity index (χ0v) is 11.3. The molecule has 0 spiro atoms. The summed E-state index contributed by atoms with van der Waals surface area (Å²) in [4.78, 5) is 19.8. The zero-order valence-electron chi connectivity index (χ0n) is 11.3. The molecule has 0 fully saturated rings. The molecule has 6 heteroatoms. The van der Waals surface area contributed by atoms with Crippen LogP contribution in [0.15, 0.2) is 0 Å². The van der Waals surface area contributed by atoms with E-state index in [1.807, 2.05) is 13.8 Å². The van der Waals surface area contributed by atoms with Gasteiger partial charge in [-0.2, -0.15) is 0 Å². The third-order valence-corrected chi connectivity index (χ3v) is 0.906. The van der Waals surface area contributed by atoms with Gasteiger partial charge in [0.1, 0.15) is 0 Å². The van der Waals surface area contributed by atoms with Crippen LogP contribution in [0.5, 0.6) is 0 Å². The van der Waals surface area contributed by atoms with Gasteiger partial charge in [0.25, 0.3) is 0 Å². The Balaban J connectivity index is -0.0000000686. The molecule has 0 aliphatic carbocycles. The number of carbonyl (C=O) groups is 2. The highest BCUT2D eigenvalue weighted by Crippen LogP contribution is 1.76. The van der Waals surface area contributed by atoms with Crippen molar-refractivity contribution < 1.29 is 24.2 Å². The van der Waals surface area contributed by atoms with Crippen molar-refractivity contribution in [3.63, 3.8) is 0 Å². The second-order valence-corrected chi connectivity index (χ2v) is 1.67. The van der Waals surface area contributed by atoms with Crippen LogP contribution >= 0.6 is 0 Å². The molecule has 0 saturated heterocycles. The fraction of sp³-hybridized carbons (Fsp3) is 0.800. The quantitative estimate of drug-likeness (QED) is 0.671. The van der Waals surface area contributed by atoms with E-state index in [1.165, 1.54) is 21.3 Å². The van der Waals surface area contributed by atoms with Gasteiger partial charge in [0.15, 0.2) is 0 Å². The van der Waals surface area contributed by atoms with Crippen LogP contribution in [0.4, 0.5) is 4.79 Å². The molecule has 0 unspecified atom stereocenters. The minimum absolute atomic E-state index is 0.157. The van der Waals surface area contributed by atoms with Crippen molar-refractivity contribution in [2.45, 2.75) is 27.2 Å². The lowest BCUT2D eigenvalue weighted by Gasteiger charge is -1.90. The summed E-state index contributed by atoms with van der Waals surface area (Å²) < 4.78 is 8.41. The van der Waals surface area contributed by atoms with E-state index in [1.54, 1.807) is 6.92 Å². The Morgan fingerprint density at radius 2 is 1.50 bits per heavy atom. The third-order valence-electron chi connectivity index (χ3n) is 0.906. The number of hydrogen-bond acceptors (Lipinski definition) is 5. The Bertz CT molecular complexity index is 111. The first-order valence-electron chi connectivity index (χ1n) is 4.89. The normalized spacial score (nSPS) is 6.25. The summed E-state index contributed by atoms with van der Waals surface area (Å²) in [5, 5.41) is 9.25. The summed E-state index contributed by atoms with van der Waals surface area (Å²) in [5.41, 5.74) is 0. The van der Waals surface area contributed by atoms with Crippen LogP contribution in [0.3, 0.4) is 0 Å². The van der Waals surface area contributed by atoms with Crippen molar-refractivity contribution in [1.82, 2.24) is 5.32 Å². The van der Waals surface area contributed by atoms with E-state index in [9.17, 15) is 9.59 Å². The predicted octanol–water partition coefficient (Wildman–Crippen LogP) is 1.18. The lowest BCUT2D eigenvalue weighted by atomic mass is 10.5. The summed E-state index contributed by atoms with van der Waals surface area (Å²) >= 11 is 0. The second kappa shape index (κ2) is 29.2. The first kappa shape index (κ1) is 24.1. The van der Waals surface area contributed by atoms with Crippen molar-refractivity contribution in [1.29, 1.82) is 0 Å². The Kier molecular flexibility index (Phi) is 44.0. The summed E-state index contributed by atoms with van der Waals surface area (Å²) in [6.45, 7) is 5.76. The lowest BCUT2D eigenvalue weighted by molar-refractivity contribution is -0.140. The number of rotatable bonds is 1. The third kappa shape index (κ3) is 38.7. The van der Waals surface area contributed by atoms with Crippen molar-refractivity contribution in [3.8, 4) is 0 Å². The maximum atomic E-state index is 9.96. The van der Waals surface area contributed by atoms with E-state index in [-0.39, 0.29) is 5.97 Å². The van der Waals surface area contributed by atoms with E-state index in [4.69, 9.17) is 5.11 Å². The number of methoxy groups -OCH3 is 2. The first-order valence-corrected chi connectivity index (χ1v) is 4.89. The van der Waals surface area contributed by atoms with Gasteiger partial charge in [0, 0.05) is 20.6 Å². The van der Waals surface area contributed by atoms with Gasteiger partial charge in [-0.1, -0.05) is 20.8 Å². The van der Waals surface area contributed by atoms with Crippen LogP contribution in [0.1, 0.15) is 27.2 Å². The average Bonchev–Trinajstić information content (AvgIpc) is 2.41. The zero-order chi connectivity index (χ0) is 14.0. The SMILES string of the molecule is CC.CCC(=O)OC.CNC(=O)OC.CO. The number of amides is 1. The first-order chi connectivity index (χ1) is 7.62. The smallest absolute Gasteiger partial charge is 0.406 e. The van der Waals surface area contributed by atoms with Crippen molar-refractivity contribution >= 4 is 12.1 Å². The van der Waals surface area contributed by atoms with Gasteiger partial charge in [-0.05, 0) is 0 Å². The molecule has 0 aromatic heterocycles. The Morgan fingerprint density at radius 1 is 1.12 bits per heavy atom. The molecule has 0 aliphatic rings. The predicted molar refractivity (Wildman–Crippen MR) is 63.3 cm³/mol. The molecule has 0 atom stereocenters. The molecule has 16 heavy (non-hydrogen) atoms. The molecule has 0 aromatic carbocycles. The van der Waals surface area contributed by atoms with Gasteiger partial charge >= 0.3 is 12.1 Å². The van der Waals surface area contributed by atoms with Gasteiger partial charge in [0.2, 0.25) is 0 Å². The van der Waals surface area contributed by atoms with Gasteiger partial charge in [0.05, 0.1) is 14.2 Å². The van der Waals surface area contributed by atoms with Crippen molar-refractivity contribution in [3.05, 3.63) is 0 Å². The number of carbonyl (C=O) groups excluding carboxylic acids is 2. The van der Waals surface area contributed by atoms with Crippen molar-refractivity contribution in [2.75, 3.05) is 28.4 Å². The molecule has 0 heterocycles. The number of esters is 1. The van der Waals surface area contributed by atoms with Crippen LogP contribution < -0.4 is 5.32 Å². The highest BCUT2D eigenvalue weighted by molar-refractivity contribution is 5.68. The Hall–Kier alpha value is -1.30. The van der Waals surface area contributed by atoms with Crippen molar-refractivity contribution in [2.24, 2.45) is 0 Å². The van der Waals surface area contributed by atoms with Crippen LogP contribution in [0, 0.1) is 0 Å². The fourth-order valence-corrected chi connectivity index (χ4v) is 0.246. The molecule has 0 saturated carbocycles. The number of ether oxygens (including phenoxy) is 2. The lowest BCUT2D eigenvalue weighted by Crippen LogP contribution is -2.16. The number of aliphatic hydroxyl groups is 1. The summed E-state index contributed by atoms with van der Waals surface area (Å²) in [6.07, 6.45) is 0.0613. The molecule has 1 amide bonds. The number of hydrogen-bond donors (Lipinski definition) is 2. The topological polar surface area (TPSA) is 84.9 Å². The molecule has 2 N–H and O–H groups in total. The van der Waals surface area contributed by atoms with E-state index in [2.05, 4.69) is 14.8 Å². The monoisotopic (exact) mass is 239 g/mol. The van der Waals surface area contributed by atoms with Gasteiger partial charge in [-0.25, -0.2) is 4.79 Å². The van der Waals surface area contributed by atoms with E-state index >= 15 is 0 Å². The maximum absolute atomic E-state index is 9.96.